The van der Waals surface area contributed by atoms with Gasteiger partial charge in [0, 0.05) is 44.9 Å². The van der Waals surface area contributed by atoms with Crippen molar-refractivity contribution in [2.75, 3.05) is 20.1 Å². The third-order valence-corrected chi connectivity index (χ3v) is 9.89. The topological polar surface area (TPSA) is 99.2 Å². The molecule has 2 heterocycles. The number of aryl methyl sites for hydroxylation is 2. The van der Waals surface area contributed by atoms with Crippen molar-refractivity contribution in [1.82, 2.24) is 14.5 Å². The number of nitrogens with one attached hydrogen (secondary N) is 1. The lowest BCUT2D eigenvalue weighted by Crippen LogP contribution is -2.50. The van der Waals surface area contributed by atoms with Gasteiger partial charge in [-0.1, -0.05) is 31.9 Å². The van der Waals surface area contributed by atoms with E-state index < -0.39 is 15.6 Å². The minimum absolute atomic E-state index is 0.00527. The molecule has 9 heteroatoms. The largest absolute Gasteiger partial charge is 0.342 e. The molecule has 1 aromatic carbocycles. The fourth-order valence-electron chi connectivity index (χ4n) is 5.76. The number of amides is 2. The van der Waals surface area contributed by atoms with Crippen LogP contribution in [0.2, 0.25) is 0 Å². The van der Waals surface area contributed by atoms with Gasteiger partial charge in [0.2, 0.25) is 15.9 Å². The van der Waals surface area contributed by atoms with Gasteiger partial charge in [0.05, 0.1) is 0 Å². The van der Waals surface area contributed by atoms with Crippen molar-refractivity contribution in [3.8, 4) is 0 Å². The van der Waals surface area contributed by atoms with Crippen molar-refractivity contribution in [2.45, 2.75) is 78.3 Å². The summed E-state index contributed by atoms with van der Waals surface area (Å²) < 4.78 is 27.8. The van der Waals surface area contributed by atoms with E-state index in [0.717, 1.165) is 59.7 Å². The zero-order chi connectivity index (χ0) is 27.0. The summed E-state index contributed by atoms with van der Waals surface area (Å²) in [7, 11) is -1.88. The molecule has 1 spiro atoms. The number of aliphatic imine (C=N–C) groups is 1. The van der Waals surface area contributed by atoms with Gasteiger partial charge < -0.3 is 10.2 Å². The van der Waals surface area contributed by atoms with Gasteiger partial charge in [-0.3, -0.25) is 14.6 Å². The first-order chi connectivity index (χ1) is 17.4. The number of sulfonamides is 1. The van der Waals surface area contributed by atoms with Crippen LogP contribution in [0.15, 0.2) is 22.5 Å². The van der Waals surface area contributed by atoms with Gasteiger partial charge in [-0.25, -0.2) is 8.42 Å². The van der Waals surface area contributed by atoms with E-state index >= 15 is 0 Å². The molecule has 1 saturated carbocycles. The van der Waals surface area contributed by atoms with E-state index in [-0.39, 0.29) is 24.9 Å². The second-order valence-corrected chi connectivity index (χ2v) is 13.0. The van der Waals surface area contributed by atoms with Crippen molar-refractivity contribution in [3.05, 3.63) is 39.8 Å². The van der Waals surface area contributed by atoms with E-state index in [9.17, 15) is 18.0 Å². The van der Waals surface area contributed by atoms with Crippen LogP contribution in [0.5, 0.6) is 0 Å². The number of hydrogen-bond acceptors (Lipinski definition) is 5. The van der Waals surface area contributed by atoms with E-state index in [1.807, 2.05) is 26.0 Å². The van der Waals surface area contributed by atoms with Gasteiger partial charge in [0.25, 0.3) is 5.91 Å². The molecule has 1 N–H and O–H groups in total. The Hall–Kier alpha value is -2.52. The second kappa shape index (κ2) is 10.7. The zero-order valence-corrected chi connectivity index (χ0v) is 23.5. The maximum atomic E-state index is 13.2. The predicted molar refractivity (Wildman–Crippen MR) is 146 cm³/mol. The van der Waals surface area contributed by atoms with Crippen LogP contribution < -0.4 is 5.32 Å². The number of hydrogen-bond donors (Lipinski definition) is 1. The van der Waals surface area contributed by atoms with Gasteiger partial charge in [0.15, 0.2) is 0 Å². The van der Waals surface area contributed by atoms with Crippen LogP contribution in [0.1, 0.15) is 74.6 Å². The number of amidine groups is 1. The van der Waals surface area contributed by atoms with Crippen LogP contribution in [0.3, 0.4) is 0 Å². The number of benzene rings is 1. The van der Waals surface area contributed by atoms with Gasteiger partial charge >= 0.3 is 0 Å². The van der Waals surface area contributed by atoms with Crippen LogP contribution in [0.25, 0.3) is 6.08 Å². The summed E-state index contributed by atoms with van der Waals surface area (Å²) in [5, 5.41) is 4.31. The highest BCUT2D eigenvalue weighted by Gasteiger charge is 2.48. The Bertz CT molecular complexity index is 1200. The van der Waals surface area contributed by atoms with Crippen molar-refractivity contribution >= 4 is 33.7 Å². The smallest absolute Gasteiger partial charge is 0.253 e. The van der Waals surface area contributed by atoms with E-state index in [1.165, 1.54) is 16.6 Å². The molecular formula is C28H40N4O4S. The molecule has 8 nitrogen and oxygen atoms in total. The molecule has 1 aromatic rings. The summed E-state index contributed by atoms with van der Waals surface area (Å²) in [6.07, 6.45) is 6.86. The summed E-state index contributed by atoms with van der Waals surface area (Å²) in [5.41, 5.74) is 2.95. The van der Waals surface area contributed by atoms with Gasteiger partial charge in [-0.15, -0.1) is 0 Å². The second-order valence-electron chi connectivity index (χ2n) is 11.2. The normalized spacial score (nSPS) is 24.4. The molecular weight excluding hydrogens is 488 g/mol. The lowest BCUT2D eigenvalue weighted by atomic mass is 9.82. The van der Waals surface area contributed by atoms with Crippen molar-refractivity contribution < 1.29 is 18.0 Å². The summed E-state index contributed by atoms with van der Waals surface area (Å²) >= 11 is 0. The maximum Gasteiger partial charge on any atom is 0.253 e. The molecule has 4 rings (SSSR count). The average molecular weight is 529 g/mol. The molecule has 3 aliphatic rings. The SMILES string of the molecule is CC(=O)N(C)Cc1cc(C)c(/C=C/S(=O)(=O)N2CCC3(CC2)N=C(C2CCC(C)CC2)NC3=O)c(C)c1. The predicted octanol–water partition coefficient (Wildman–Crippen LogP) is 3.77. The molecule has 0 atom stereocenters. The van der Waals surface area contributed by atoms with Gasteiger partial charge in [-0.05, 0) is 73.8 Å². The number of piperidine rings is 1. The third kappa shape index (κ3) is 5.98. The first kappa shape index (κ1) is 27.5. The molecule has 202 valence electrons. The zero-order valence-electron chi connectivity index (χ0n) is 22.7. The minimum Gasteiger partial charge on any atom is -0.342 e. The van der Waals surface area contributed by atoms with Crippen molar-refractivity contribution in [2.24, 2.45) is 16.8 Å². The first-order valence-corrected chi connectivity index (χ1v) is 14.8. The van der Waals surface area contributed by atoms with Crippen LogP contribution >= 0.6 is 0 Å². The molecule has 37 heavy (non-hydrogen) atoms. The van der Waals surface area contributed by atoms with Crippen LogP contribution in [0.4, 0.5) is 0 Å². The lowest BCUT2D eigenvalue weighted by molar-refractivity contribution is -0.128. The molecule has 2 fully saturated rings. The minimum atomic E-state index is -3.64. The molecule has 2 amide bonds. The molecule has 0 unspecified atom stereocenters. The van der Waals surface area contributed by atoms with Crippen LogP contribution in [-0.4, -0.2) is 60.9 Å². The Morgan fingerprint density at radius 1 is 1.16 bits per heavy atom. The Morgan fingerprint density at radius 3 is 2.32 bits per heavy atom. The molecule has 0 radical (unpaired) electrons. The quantitative estimate of drug-likeness (QED) is 0.608. The van der Waals surface area contributed by atoms with E-state index in [4.69, 9.17) is 4.99 Å². The lowest BCUT2D eigenvalue weighted by Gasteiger charge is -2.34. The average Bonchev–Trinajstić information content (AvgIpc) is 3.14. The Morgan fingerprint density at radius 2 is 1.76 bits per heavy atom. The number of nitrogens with zero attached hydrogens (tertiary/aromatic N) is 3. The number of carbonyl (C=O) groups is 2. The molecule has 1 aliphatic carbocycles. The Kier molecular flexibility index (Phi) is 7.95. The van der Waals surface area contributed by atoms with Crippen molar-refractivity contribution in [1.29, 1.82) is 0 Å². The van der Waals surface area contributed by atoms with Crippen LogP contribution in [-0.2, 0) is 26.2 Å². The first-order valence-electron chi connectivity index (χ1n) is 13.3. The van der Waals surface area contributed by atoms with Gasteiger partial charge in [0.1, 0.15) is 11.4 Å². The van der Waals surface area contributed by atoms with E-state index in [1.54, 1.807) is 18.0 Å². The van der Waals surface area contributed by atoms with E-state index in [2.05, 4.69) is 12.2 Å². The fraction of sp³-hybridized carbons (Fsp3) is 0.607. The summed E-state index contributed by atoms with van der Waals surface area (Å²) in [6.45, 7) is 8.74. The highest BCUT2D eigenvalue weighted by atomic mass is 32.2. The fourth-order valence-corrected chi connectivity index (χ4v) is 6.93. The maximum absolute atomic E-state index is 13.2. The van der Waals surface area contributed by atoms with Crippen LogP contribution in [0, 0.1) is 25.7 Å². The van der Waals surface area contributed by atoms with Gasteiger partial charge in [-0.2, -0.15) is 4.31 Å². The number of rotatable bonds is 6. The molecule has 1 saturated heterocycles. The standard InChI is InChI=1S/C28H40N4O4S/c1-19-6-8-24(9-7-19)26-29-27(34)28(30-26)11-13-32(14-12-28)37(35,36)15-10-25-20(2)16-23(17-21(25)3)18-31(5)22(4)33/h10,15-17,19,24H,6-9,11-14,18H2,1-5H3,(H,29,30,34)/b15-10+. The van der Waals surface area contributed by atoms with Crippen molar-refractivity contribution in [3.63, 3.8) is 0 Å². The Labute approximate surface area is 221 Å². The highest BCUT2D eigenvalue weighted by molar-refractivity contribution is 7.92. The third-order valence-electron chi connectivity index (χ3n) is 8.33. The summed E-state index contributed by atoms with van der Waals surface area (Å²) in [5.74, 6) is 1.77. The molecule has 2 aliphatic heterocycles. The number of carbonyl (C=O) groups excluding carboxylic acids is 2. The molecule has 0 aromatic heterocycles. The highest BCUT2D eigenvalue weighted by Crippen LogP contribution is 2.36. The Balaban J connectivity index is 1.42. The summed E-state index contributed by atoms with van der Waals surface area (Å²) in [6, 6.07) is 3.98. The van der Waals surface area contributed by atoms with E-state index in [0.29, 0.717) is 25.3 Å². The summed E-state index contributed by atoms with van der Waals surface area (Å²) in [4.78, 5) is 31.0. The monoisotopic (exact) mass is 528 g/mol. The molecule has 0 bridgehead atoms.